The molecular weight excluding hydrogens is 266 g/mol. The summed E-state index contributed by atoms with van der Waals surface area (Å²) in [5.74, 6) is 1.07. The van der Waals surface area contributed by atoms with E-state index in [2.05, 4.69) is 11.8 Å². The third-order valence-electron chi connectivity index (χ3n) is 3.86. The second kappa shape index (κ2) is 8.25. The summed E-state index contributed by atoms with van der Waals surface area (Å²) in [4.78, 5) is 2.37. The van der Waals surface area contributed by atoms with Crippen LogP contribution in [0.5, 0.6) is 11.5 Å². The van der Waals surface area contributed by atoms with Gasteiger partial charge < -0.3 is 14.6 Å². The van der Waals surface area contributed by atoms with E-state index in [1.54, 1.807) is 6.07 Å². The van der Waals surface area contributed by atoms with Crippen LogP contribution in [0.2, 0.25) is 0 Å². The summed E-state index contributed by atoms with van der Waals surface area (Å²) in [6.45, 7) is 8.44. The Morgan fingerprint density at radius 2 is 2.00 bits per heavy atom. The number of benzene rings is 1. The highest BCUT2D eigenvalue weighted by atomic mass is 16.5. The Morgan fingerprint density at radius 3 is 2.62 bits per heavy atom. The van der Waals surface area contributed by atoms with E-state index in [0.29, 0.717) is 18.5 Å². The molecule has 0 unspecified atom stereocenters. The first kappa shape index (κ1) is 16.1. The van der Waals surface area contributed by atoms with Crippen molar-refractivity contribution in [3.8, 4) is 11.5 Å². The van der Waals surface area contributed by atoms with Gasteiger partial charge in [0.25, 0.3) is 0 Å². The van der Waals surface area contributed by atoms with Crippen LogP contribution in [-0.2, 0) is 11.3 Å². The van der Waals surface area contributed by atoms with E-state index in [0.717, 1.165) is 56.8 Å². The number of likely N-dealkylation sites (tertiary alicyclic amines) is 1. The van der Waals surface area contributed by atoms with Crippen molar-refractivity contribution >= 4 is 0 Å². The van der Waals surface area contributed by atoms with E-state index < -0.39 is 0 Å². The summed E-state index contributed by atoms with van der Waals surface area (Å²) in [7, 11) is 0. The smallest absolute Gasteiger partial charge is 0.123 e. The van der Waals surface area contributed by atoms with Crippen LogP contribution in [-0.4, -0.2) is 42.4 Å². The van der Waals surface area contributed by atoms with Crippen LogP contribution in [0.1, 0.15) is 38.7 Å². The van der Waals surface area contributed by atoms with Gasteiger partial charge in [-0.1, -0.05) is 13.0 Å². The molecule has 118 valence electrons. The highest BCUT2D eigenvalue weighted by Gasteiger charge is 2.20. The monoisotopic (exact) mass is 293 g/mol. The van der Waals surface area contributed by atoms with Crippen LogP contribution in [0, 0.1) is 0 Å². The maximum Gasteiger partial charge on any atom is 0.123 e. The van der Waals surface area contributed by atoms with Crippen LogP contribution in [0.3, 0.4) is 0 Å². The second-order valence-corrected chi connectivity index (χ2v) is 5.57. The van der Waals surface area contributed by atoms with E-state index in [1.165, 1.54) is 0 Å². The quantitative estimate of drug-likeness (QED) is 0.838. The third kappa shape index (κ3) is 4.90. The molecule has 1 aromatic rings. The highest BCUT2D eigenvalue weighted by Crippen LogP contribution is 2.26. The van der Waals surface area contributed by atoms with Gasteiger partial charge in [-0.3, -0.25) is 4.90 Å². The summed E-state index contributed by atoms with van der Waals surface area (Å²) in [5, 5.41) is 10.1. The predicted octanol–water partition coefficient (Wildman–Crippen LogP) is 3.18. The van der Waals surface area contributed by atoms with Gasteiger partial charge in [-0.15, -0.1) is 0 Å². The molecule has 0 atom stereocenters. The fraction of sp³-hybridized carbons (Fsp3) is 0.647. The lowest BCUT2D eigenvalue weighted by atomic mass is 10.1. The van der Waals surface area contributed by atoms with E-state index >= 15 is 0 Å². The Hall–Kier alpha value is -1.26. The molecule has 1 fully saturated rings. The van der Waals surface area contributed by atoms with Crippen LogP contribution in [0.25, 0.3) is 0 Å². The van der Waals surface area contributed by atoms with Crippen molar-refractivity contribution in [3.63, 3.8) is 0 Å². The van der Waals surface area contributed by atoms with Crippen LogP contribution in [0.4, 0.5) is 0 Å². The third-order valence-corrected chi connectivity index (χ3v) is 3.86. The van der Waals surface area contributed by atoms with Crippen molar-refractivity contribution in [1.82, 2.24) is 4.90 Å². The number of hydrogen-bond acceptors (Lipinski definition) is 4. The summed E-state index contributed by atoms with van der Waals surface area (Å²) in [6, 6.07) is 5.63. The van der Waals surface area contributed by atoms with Crippen LogP contribution in [0.15, 0.2) is 18.2 Å². The van der Waals surface area contributed by atoms with Gasteiger partial charge in [0.15, 0.2) is 0 Å². The Morgan fingerprint density at radius 1 is 1.24 bits per heavy atom. The van der Waals surface area contributed by atoms with E-state index in [1.807, 2.05) is 19.1 Å². The highest BCUT2D eigenvalue weighted by molar-refractivity contribution is 5.39. The SMILES string of the molecule is CCCOc1ccc(CN2CCC(OCC)CC2)c(O)c1. The normalized spacial score (nSPS) is 17.0. The maximum absolute atomic E-state index is 10.1. The number of phenols is 1. The minimum Gasteiger partial charge on any atom is -0.507 e. The molecule has 0 amide bonds. The van der Waals surface area contributed by atoms with Crippen LogP contribution < -0.4 is 4.74 Å². The number of piperidine rings is 1. The second-order valence-electron chi connectivity index (χ2n) is 5.57. The molecule has 0 radical (unpaired) electrons. The summed E-state index contributed by atoms with van der Waals surface area (Å²) < 4.78 is 11.2. The molecule has 1 heterocycles. The van der Waals surface area contributed by atoms with E-state index in [-0.39, 0.29) is 0 Å². The number of phenolic OH excluding ortho intramolecular Hbond substituents is 1. The zero-order valence-electron chi connectivity index (χ0n) is 13.2. The Bertz CT molecular complexity index is 428. The molecule has 21 heavy (non-hydrogen) atoms. The first-order chi connectivity index (χ1) is 10.2. The fourth-order valence-corrected chi connectivity index (χ4v) is 2.70. The van der Waals surface area contributed by atoms with Gasteiger partial charge in [0, 0.05) is 37.9 Å². The van der Waals surface area contributed by atoms with Gasteiger partial charge in [0.05, 0.1) is 12.7 Å². The van der Waals surface area contributed by atoms with Crippen molar-refractivity contribution in [3.05, 3.63) is 23.8 Å². The largest absolute Gasteiger partial charge is 0.507 e. The average molecular weight is 293 g/mol. The van der Waals surface area contributed by atoms with Gasteiger partial charge in [0.2, 0.25) is 0 Å². The topological polar surface area (TPSA) is 41.9 Å². The predicted molar refractivity (Wildman–Crippen MR) is 83.8 cm³/mol. The summed E-state index contributed by atoms with van der Waals surface area (Å²) in [5.41, 5.74) is 0.966. The molecule has 4 heteroatoms. The molecule has 1 aromatic carbocycles. The maximum atomic E-state index is 10.1. The molecular formula is C17H27NO3. The first-order valence-electron chi connectivity index (χ1n) is 8.01. The van der Waals surface area contributed by atoms with Crippen molar-refractivity contribution in [2.24, 2.45) is 0 Å². The Kier molecular flexibility index (Phi) is 6.33. The van der Waals surface area contributed by atoms with Crippen molar-refractivity contribution in [2.45, 2.75) is 45.8 Å². The molecule has 0 saturated carbocycles. The molecule has 0 aliphatic carbocycles. The molecule has 1 aliphatic rings. The number of aromatic hydroxyl groups is 1. The van der Waals surface area contributed by atoms with Crippen molar-refractivity contribution in [2.75, 3.05) is 26.3 Å². The van der Waals surface area contributed by atoms with Gasteiger partial charge in [0.1, 0.15) is 11.5 Å². The van der Waals surface area contributed by atoms with Crippen molar-refractivity contribution < 1.29 is 14.6 Å². The average Bonchev–Trinajstić information content (AvgIpc) is 2.50. The lowest BCUT2D eigenvalue weighted by molar-refractivity contribution is 0.0124. The number of nitrogens with zero attached hydrogens (tertiary/aromatic N) is 1. The zero-order valence-corrected chi connectivity index (χ0v) is 13.2. The zero-order chi connectivity index (χ0) is 15.1. The Labute approximate surface area is 127 Å². The Balaban J connectivity index is 1.86. The molecule has 0 aromatic heterocycles. The minimum absolute atomic E-state index is 0.329. The lowest BCUT2D eigenvalue weighted by Crippen LogP contribution is -2.36. The van der Waals surface area contributed by atoms with Gasteiger partial charge in [-0.05, 0) is 32.3 Å². The molecule has 2 rings (SSSR count). The molecule has 0 spiro atoms. The number of hydrogen-bond donors (Lipinski definition) is 1. The summed E-state index contributed by atoms with van der Waals surface area (Å²) in [6.07, 6.45) is 3.53. The van der Waals surface area contributed by atoms with E-state index in [4.69, 9.17) is 9.47 Å². The van der Waals surface area contributed by atoms with Gasteiger partial charge >= 0.3 is 0 Å². The molecule has 1 N–H and O–H groups in total. The molecule has 0 bridgehead atoms. The molecule has 1 aliphatic heterocycles. The lowest BCUT2D eigenvalue weighted by Gasteiger charge is -2.31. The standard InChI is InChI=1S/C17H27NO3/c1-3-11-21-16-6-5-14(17(19)12-16)13-18-9-7-15(8-10-18)20-4-2/h5-6,12,15,19H,3-4,7-11,13H2,1-2H3. The minimum atomic E-state index is 0.329. The molecule has 1 saturated heterocycles. The molecule has 4 nitrogen and oxygen atoms in total. The fourth-order valence-electron chi connectivity index (χ4n) is 2.70. The first-order valence-corrected chi connectivity index (χ1v) is 8.01. The number of ether oxygens (including phenoxy) is 2. The van der Waals surface area contributed by atoms with Gasteiger partial charge in [-0.2, -0.15) is 0 Å². The van der Waals surface area contributed by atoms with Crippen LogP contribution >= 0.6 is 0 Å². The summed E-state index contributed by atoms with van der Waals surface area (Å²) >= 11 is 0. The van der Waals surface area contributed by atoms with Crippen molar-refractivity contribution in [1.29, 1.82) is 0 Å². The van der Waals surface area contributed by atoms with Gasteiger partial charge in [-0.25, -0.2) is 0 Å². The van der Waals surface area contributed by atoms with E-state index in [9.17, 15) is 5.11 Å². The number of rotatable bonds is 7.